The monoisotopic (exact) mass is 288 g/mol. The molecule has 0 bridgehead atoms. The molecule has 114 valence electrons. The fourth-order valence-electron chi connectivity index (χ4n) is 3.51. The first-order valence-corrected chi connectivity index (χ1v) is 7.85. The van der Waals surface area contributed by atoms with Crippen molar-refractivity contribution in [3.63, 3.8) is 0 Å². The zero-order chi connectivity index (χ0) is 14.9. The number of rotatable bonds is 4. The lowest BCUT2D eigenvalue weighted by Crippen LogP contribution is -2.44. The second kappa shape index (κ2) is 5.68. The second-order valence-corrected chi connectivity index (χ2v) is 6.38. The highest BCUT2D eigenvalue weighted by Gasteiger charge is 2.39. The van der Waals surface area contributed by atoms with Gasteiger partial charge in [0.1, 0.15) is 5.75 Å². The molecule has 4 nitrogen and oxygen atoms in total. The molecule has 21 heavy (non-hydrogen) atoms. The molecule has 0 saturated heterocycles. The van der Waals surface area contributed by atoms with Crippen molar-refractivity contribution in [2.24, 2.45) is 11.1 Å². The highest BCUT2D eigenvalue weighted by Crippen LogP contribution is 2.44. The van der Waals surface area contributed by atoms with E-state index in [1.54, 1.807) is 7.11 Å². The van der Waals surface area contributed by atoms with E-state index in [1.165, 1.54) is 12.0 Å². The Balaban J connectivity index is 1.79. The molecule has 1 saturated carbocycles. The summed E-state index contributed by atoms with van der Waals surface area (Å²) in [6.45, 7) is 1.45. The molecule has 0 radical (unpaired) electrons. The maximum absolute atomic E-state index is 12.7. The van der Waals surface area contributed by atoms with Crippen molar-refractivity contribution >= 4 is 11.6 Å². The van der Waals surface area contributed by atoms with Crippen LogP contribution >= 0.6 is 0 Å². The molecule has 0 spiro atoms. The van der Waals surface area contributed by atoms with Crippen LogP contribution in [-0.2, 0) is 11.2 Å². The third kappa shape index (κ3) is 2.64. The van der Waals surface area contributed by atoms with Gasteiger partial charge in [0, 0.05) is 18.7 Å². The van der Waals surface area contributed by atoms with Crippen molar-refractivity contribution in [2.75, 3.05) is 25.1 Å². The Hall–Kier alpha value is -1.55. The van der Waals surface area contributed by atoms with Crippen molar-refractivity contribution in [3.05, 3.63) is 23.8 Å². The number of carbonyl (C=O) groups is 1. The maximum atomic E-state index is 12.7. The van der Waals surface area contributed by atoms with Gasteiger partial charge in [-0.1, -0.05) is 6.42 Å². The Morgan fingerprint density at radius 1 is 1.38 bits per heavy atom. The summed E-state index contributed by atoms with van der Waals surface area (Å²) >= 11 is 0. The Kier molecular flexibility index (Phi) is 3.89. The van der Waals surface area contributed by atoms with Crippen LogP contribution in [0, 0.1) is 5.41 Å². The Morgan fingerprint density at radius 2 is 2.19 bits per heavy atom. The van der Waals surface area contributed by atoms with E-state index in [2.05, 4.69) is 6.07 Å². The van der Waals surface area contributed by atoms with E-state index in [-0.39, 0.29) is 11.3 Å². The van der Waals surface area contributed by atoms with Crippen LogP contribution in [0.5, 0.6) is 5.75 Å². The van der Waals surface area contributed by atoms with E-state index in [0.29, 0.717) is 13.0 Å². The van der Waals surface area contributed by atoms with Crippen LogP contribution in [0.4, 0.5) is 5.69 Å². The number of amides is 1. The van der Waals surface area contributed by atoms with E-state index in [9.17, 15) is 4.79 Å². The van der Waals surface area contributed by atoms with Gasteiger partial charge in [-0.2, -0.15) is 0 Å². The summed E-state index contributed by atoms with van der Waals surface area (Å²) in [7, 11) is 1.68. The van der Waals surface area contributed by atoms with Gasteiger partial charge in [0.15, 0.2) is 0 Å². The molecule has 2 aliphatic rings. The number of methoxy groups -OCH3 is 1. The van der Waals surface area contributed by atoms with Gasteiger partial charge in [-0.25, -0.2) is 0 Å². The smallest absolute Gasteiger partial charge is 0.227 e. The lowest BCUT2D eigenvalue weighted by molar-refractivity contribution is -0.122. The molecule has 2 N–H and O–H groups in total. The molecular weight excluding hydrogens is 264 g/mol. The fourth-order valence-corrected chi connectivity index (χ4v) is 3.51. The van der Waals surface area contributed by atoms with Crippen molar-refractivity contribution < 1.29 is 9.53 Å². The average molecular weight is 288 g/mol. The molecule has 1 aromatic carbocycles. The van der Waals surface area contributed by atoms with Gasteiger partial charge in [0.2, 0.25) is 5.91 Å². The lowest BCUT2D eigenvalue weighted by Gasteiger charge is -2.42. The maximum Gasteiger partial charge on any atom is 0.227 e. The van der Waals surface area contributed by atoms with E-state index in [1.807, 2.05) is 17.0 Å². The minimum atomic E-state index is 0.0706. The first-order valence-electron chi connectivity index (χ1n) is 7.85. The Labute approximate surface area is 126 Å². The van der Waals surface area contributed by atoms with Crippen molar-refractivity contribution in [1.82, 2.24) is 0 Å². The highest BCUT2D eigenvalue weighted by atomic mass is 16.5. The van der Waals surface area contributed by atoms with Crippen LogP contribution in [0.25, 0.3) is 0 Å². The normalized spacial score (nSPS) is 19.6. The predicted octanol–water partition coefficient (Wildman–Crippen LogP) is 2.49. The first kappa shape index (κ1) is 14.4. The number of ether oxygens (including phenoxy) is 1. The summed E-state index contributed by atoms with van der Waals surface area (Å²) in [5.41, 5.74) is 8.23. The number of benzene rings is 1. The van der Waals surface area contributed by atoms with Crippen molar-refractivity contribution in [3.8, 4) is 5.75 Å². The molecule has 1 aliphatic heterocycles. The average Bonchev–Trinajstić information content (AvgIpc) is 2.49. The first-order chi connectivity index (χ1) is 10.2. The third-order valence-electron chi connectivity index (χ3n) is 5.08. The second-order valence-electron chi connectivity index (χ2n) is 6.38. The van der Waals surface area contributed by atoms with Crippen LogP contribution in [0.15, 0.2) is 18.2 Å². The van der Waals surface area contributed by atoms with Crippen LogP contribution < -0.4 is 15.4 Å². The van der Waals surface area contributed by atoms with Gasteiger partial charge >= 0.3 is 0 Å². The van der Waals surface area contributed by atoms with Gasteiger partial charge in [0.25, 0.3) is 0 Å². The van der Waals surface area contributed by atoms with Crippen molar-refractivity contribution in [2.45, 2.75) is 38.5 Å². The molecule has 0 atom stereocenters. The van der Waals surface area contributed by atoms with Crippen LogP contribution in [0.1, 0.15) is 37.7 Å². The fraction of sp³-hybridized carbons (Fsp3) is 0.588. The van der Waals surface area contributed by atoms with Crippen LogP contribution in [0.3, 0.4) is 0 Å². The quantitative estimate of drug-likeness (QED) is 0.926. The molecule has 1 aliphatic carbocycles. The summed E-state index contributed by atoms with van der Waals surface area (Å²) in [6.07, 6.45) is 6.02. The number of nitrogens with two attached hydrogens (primary N) is 1. The number of fused-ring (bicyclic) bond motifs is 1. The minimum Gasteiger partial charge on any atom is -0.497 e. The number of hydrogen-bond donors (Lipinski definition) is 1. The van der Waals surface area contributed by atoms with Gasteiger partial charge in [-0.05, 0) is 61.4 Å². The molecule has 1 amide bonds. The van der Waals surface area contributed by atoms with Gasteiger partial charge in [-0.15, -0.1) is 0 Å². The zero-order valence-electron chi connectivity index (χ0n) is 12.7. The highest BCUT2D eigenvalue weighted by molar-refractivity contribution is 5.95. The lowest BCUT2D eigenvalue weighted by atomic mass is 9.66. The summed E-state index contributed by atoms with van der Waals surface area (Å²) in [4.78, 5) is 14.7. The number of anilines is 1. The standard InChI is InChI=1S/C17H24N2O2/c1-21-14-5-6-15-13(10-14)4-2-9-19(15)16(20)11-17(12-18)7-3-8-17/h5-6,10H,2-4,7-9,11-12,18H2,1H3. The van der Waals surface area contributed by atoms with Gasteiger partial charge in [-0.3, -0.25) is 4.79 Å². The molecule has 1 fully saturated rings. The van der Waals surface area contributed by atoms with Crippen LogP contribution in [-0.4, -0.2) is 26.1 Å². The molecule has 0 unspecified atom stereocenters. The van der Waals surface area contributed by atoms with E-state index < -0.39 is 0 Å². The summed E-state index contributed by atoms with van der Waals surface area (Å²) < 4.78 is 5.28. The number of carbonyl (C=O) groups excluding carboxylic acids is 1. The van der Waals surface area contributed by atoms with E-state index in [0.717, 1.165) is 43.7 Å². The summed E-state index contributed by atoms with van der Waals surface area (Å²) in [5.74, 6) is 1.09. The molecular formula is C17H24N2O2. The number of hydrogen-bond acceptors (Lipinski definition) is 3. The molecule has 1 aromatic rings. The molecule has 0 aromatic heterocycles. The Bertz CT molecular complexity index is 532. The zero-order valence-corrected chi connectivity index (χ0v) is 12.7. The van der Waals surface area contributed by atoms with Gasteiger partial charge in [0.05, 0.1) is 7.11 Å². The Morgan fingerprint density at radius 3 is 2.81 bits per heavy atom. The van der Waals surface area contributed by atoms with E-state index in [4.69, 9.17) is 10.5 Å². The molecule has 3 rings (SSSR count). The largest absolute Gasteiger partial charge is 0.497 e. The number of aryl methyl sites for hydroxylation is 1. The summed E-state index contributed by atoms with van der Waals surface area (Å²) in [5, 5.41) is 0. The van der Waals surface area contributed by atoms with Crippen molar-refractivity contribution in [1.29, 1.82) is 0 Å². The minimum absolute atomic E-state index is 0.0706. The topological polar surface area (TPSA) is 55.6 Å². The summed E-state index contributed by atoms with van der Waals surface area (Å²) in [6, 6.07) is 6.00. The predicted molar refractivity (Wildman–Crippen MR) is 83.6 cm³/mol. The van der Waals surface area contributed by atoms with E-state index >= 15 is 0 Å². The molecule has 4 heteroatoms. The van der Waals surface area contributed by atoms with Gasteiger partial charge < -0.3 is 15.4 Å². The molecule has 1 heterocycles. The van der Waals surface area contributed by atoms with Crippen LogP contribution in [0.2, 0.25) is 0 Å². The SMILES string of the molecule is COc1ccc2c(c1)CCCN2C(=O)CC1(CN)CCC1. The third-order valence-corrected chi connectivity index (χ3v) is 5.08. The number of nitrogens with zero attached hydrogens (tertiary/aromatic N) is 1.